The largest absolute Gasteiger partial charge is 0.481 e. The molecule has 0 aliphatic heterocycles. The Bertz CT molecular complexity index is 307. The van der Waals surface area contributed by atoms with Crippen molar-refractivity contribution in [2.45, 2.75) is 33.2 Å². The molecule has 0 aromatic carbocycles. The Labute approximate surface area is 102 Å². The van der Waals surface area contributed by atoms with E-state index in [0.29, 0.717) is 6.42 Å². The summed E-state index contributed by atoms with van der Waals surface area (Å²) in [4.78, 5) is 22.3. The first-order chi connectivity index (χ1) is 7.92. The lowest BCUT2D eigenvalue weighted by Crippen LogP contribution is -2.44. The van der Waals surface area contributed by atoms with Crippen LogP contribution in [-0.4, -0.2) is 29.7 Å². The minimum absolute atomic E-state index is 0.0394. The van der Waals surface area contributed by atoms with E-state index in [1.54, 1.807) is 13.8 Å². The van der Waals surface area contributed by atoms with E-state index in [1.165, 1.54) is 0 Å². The van der Waals surface area contributed by atoms with E-state index in [1.807, 2.05) is 6.92 Å². The molecule has 3 N–H and O–H groups in total. The van der Waals surface area contributed by atoms with Gasteiger partial charge in [-0.25, -0.2) is 4.79 Å². The van der Waals surface area contributed by atoms with E-state index >= 15 is 0 Å². The summed E-state index contributed by atoms with van der Waals surface area (Å²) in [6.07, 6.45) is 5.83. The number of rotatable bonds is 6. The summed E-state index contributed by atoms with van der Waals surface area (Å²) in [6, 6.07) is -0.751. The third-order valence-electron chi connectivity index (χ3n) is 2.52. The Morgan fingerprint density at radius 3 is 2.35 bits per heavy atom. The second-order valence-electron chi connectivity index (χ2n) is 4.17. The number of terminal acetylenes is 1. The van der Waals surface area contributed by atoms with Gasteiger partial charge in [-0.05, 0) is 12.3 Å². The number of carboxylic acids is 1. The molecule has 0 saturated carbocycles. The van der Waals surface area contributed by atoms with Crippen LogP contribution in [0.15, 0.2) is 0 Å². The second-order valence-corrected chi connectivity index (χ2v) is 4.17. The Morgan fingerprint density at radius 2 is 2.00 bits per heavy atom. The fraction of sp³-hybridized carbons (Fsp3) is 0.667. The van der Waals surface area contributed by atoms with Gasteiger partial charge in [-0.1, -0.05) is 26.7 Å². The van der Waals surface area contributed by atoms with Crippen LogP contribution in [0, 0.1) is 24.2 Å². The molecule has 2 unspecified atom stereocenters. The lowest BCUT2D eigenvalue weighted by molar-refractivity contribution is -0.142. The van der Waals surface area contributed by atoms with Crippen LogP contribution in [0.1, 0.15) is 27.2 Å². The molecule has 0 aromatic rings. The molecule has 0 bridgehead atoms. The van der Waals surface area contributed by atoms with Crippen LogP contribution < -0.4 is 10.6 Å². The fourth-order valence-electron chi connectivity index (χ4n) is 1.28. The number of amides is 2. The number of urea groups is 1. The monoisotopic (exact) mass is 240 g/mol. The minimum Gasteiger partial charge on any atom is -0.481 e. The molecule has 0 aliphatic rings. The van der Waals surface area contributed by atoms with Gasteiger partial charge < -0.3 is 15.7 Å². The van der Waals surface area contributed by atoms with E-state index in [9.17, 15) is 9.59 Å². The van der Waals surface area contributed by atoms with Crippen LogP contribution >= 0.6 is 0 Å². The van der Waals surface area contributed by atoms with Crippen molar-refractivity contribution >= 4 is 12.0 Å². The van der Waals surface area contributed by atoms with Crippen LogP contribution in [0.5, 0.6) is 0 Å². The average Bonchev–Trinajstić information content (AvgIpc) is 2.25. The van der Waals surface area contributed by atoms with Crippen LogP contribution in [-0.2, 0) is 4.79 Å². The molecule has 0 radical (unpaired) electrons. The summed E-state index contributed by atoms with van der Waals surface area (Å²) in [5, 5.41) is 14.0. The zero-order valence-electron chi connectivity index (χ0n) is 10.5. The summed E-state index contributed by atoms with van der Waals surface area (Å²) in [7, 11) is 0. The first-order valence-corrected chi connectivity index (χ1v) is 5.65. The highest BCUT2D eigenvalue weighted by Gasteiger charge is 2.22. The van der Waals surface area contributed by atoms with E-state index in [4.69, 9.17) is 11.5 Å². The molecule has 5 heteroatoms. The maximum atomic E-state index is 11.4. The van der Waals surface area contributed by atoms with Crippen molar-refractivity contribution in [3.63, 3.8) is 0 Å². The summed E-state index contributed by atoms with van der Waals surface area (Å²) >= 11 is 0. The molecular formula is C12H20N2O3. The lowest BCUT2D eigenvalue weighted by Gasteiger charge is -2.18. The number of carbonyl (C=O) groups is 2. The summed E-state index contributed by atoms with van der Waals surface area (Å²) in [5.41, 5.74) is 0. The van der Waals surface area contributed by atoms with Crippen LogP contribution in [0.25, 0.3) is 0 Å². The number of hydrogen-bond donors (Lipinski definition) is 3. The quantitative estimate of drug-likeness (QED) is 0.607. The standard InChI is InChI=1S/C12H20N2O3/c1-5-9(6-2)14-12(17)13-7-10(8(3)4)11(15)16/h1,8-10H,6-7H2,2-4H3,(H,15,16)(H2,13,14,17). The predicted octanol–water partition coefficient (Wildman–Crippen LogP) is 1.05. The molecule has 2 atom stereocenters. The van der Waals surface area contributed by atoms with Crippen molar-refractivity contribution in [1.82, 2.24) is 10.6 Å². The summed E-state index contributed by atoms with van der Waals surface area (Å²) in [5.74, 6) is 0.884. The molecule has 5 nitrogen and oxygen atoms in total. The highest BCUT2D eigenvalue weighted by molar-refractivity contribution is 5.76. The molecule has 17 heavy (non-hydrogen) atoms. The van der Waals surface area contributed by atoms with Gasteiger partial charge in [-0.3, -0.25) is 4.79 Å². The van der Waals surface area contributed by atoms with Crippen molar-refractivity contribution in [3.8, 4) is 12.3 Å². The highest BCUT2D eigenvalue weighted by atomic mass is 16.4. The topological polar surface area (TPSA) is 78.4 Å². The molecule has 0 aromatic heterocycles. The van der Waals surface area contributed by atoms with E-state index in [-0.39, 0.29) is 18.5 Å². The van der Waals surface area contributed by atoms with Gasteiger partial charge in [0.15, 0.2) is 0 Å². The lowest BCUT2D eigenvalue weighted by atomic mass is 9.96. The van der Waals surface area contributed by atoms with Gasteiger partial charge in [-0.2, -0.15) is 0 Å². The number of carboxylic acid groups (broad SMARTS) is 1. The Morgan fingerprint density at radius 1 is 1.41 bits per heavy atom. The third kappa shape index (κ3) is 5.81. The number of aliphatic carboxylic acids is 1. The first-order valence-electron chi connectivity index (χ1n) is 5.65. The zero-order chi connectivity index (χ0) is 13.4. The summed E-state index contributed by atoms with van der Waals surface area (Å²) in [6.45, 7) is 5.56. The third-order valence-corrected chi connectivity index (χ3v) is 2.52. The predicted molar refractivity (Wildman–Crippen MR) is 65.4 cm³/mol. The van der Waals surface area contributed by atoms with E-state index in [0.717, 1.165) is 0 Å². The highest BCUT2D eigenvalue weighted by Crippen LogP contribution is 2.09. The van der Waals surface area contributed by atoms with Crippen molar-refractivity contribution in [2.24, 2.45) is 11.8 Å². The Hall–Kier alpha value is -1.70. The van der Waals surface area contributed by atoms with Crippen LogP contribution in [0.3, 0.4) is 0 Å². The zero-order valence-corrected chi connectivity index (χ0v) is 10.5. The van der Waals surface area contributed by atoms with Crippen molar-refractivity contribution in [1.29, 1.82) is 0 Å². The molecule has 96 valence electrons. The van der Waals surface area contributed by atoms with E-state index in [2.05, 4.69) is 16.6 Å². The molecule has 0 fully saturated rings. The number of hydrogen-bond acceptors (Lipinski definition) is 2. The van der Waals surface area contributed by atoms with Gasteiger partial charge in [-0.15, -0.1) is 6.42 Å². The van der Waals surface area contributed by atoms with Gasteiger partial charge in [0.05, 0.1) is 12.0 Å². The summed E-state index contributed by atoms with van der Waals surface area (Å²) < 4.78 is 0. The molecule has 0 spiro atoms. The molecule has 2 amide bonds. The Balaban J connectivity index is 4.14. The number of nitrogens with one attached hydrogen (secondary N) is 2. The van der Waals surface area contributed by atoms with E-state index < -0.39 is 17.9 Å². The maximum absolute atomic E-state index is 11.4. The molecule has 0 rings (SSSR count). The van der Waals surface area contributed by atoms with Crippen molar-refractivity contribution in [2.75, 3.05) is 6.54 Å². The van der Waals surface area contributed by atoms with Crippen LogP contribution in [0.4, 0.5) is 4.79 Å². The first kappa shape index (κ1) is 15.3. The SMILES string of the molecule is C#CC(CC)NC(=O)NCC(C(=O)O)C(C)C. The van der Waals surface area contributed by atoms with Gasteiger partial charge in [0.25, 0.3) is 0 Å². The van der Waals surface area contributed by atoms with Gasteiger partial charge >= 0.3 is 12.0 Å². The van der Waals surface area contributed by atoms with Crippen molar-refractivity contribution < 1.29 is 14.7 Å². The maximum Gasteiger partial charge on any atom is 0.315 e. The molecule has 0 aliphatic carbocycles. The smallest absolute Gasteiger partial charge is 0.315 e. The minimum atomic E-state index is -0.913. The fourth-order valence-corrected chi connectivity index (χ4v) is 1.28. The average molecular weight is 240 g/mol. The molecule has 0 saturated heterocycles. The normalized spacial score (nSPS) is 13.6. The molecule has 0 heterocycles. The number of carbonyl (C=O) groups excluding carboxylic acids is 1. The van der Waals surface area contributed by atoms with Gasteiger partial charge in [0, 0.05) is 6.54 Å². The van der Waals surface area contributed by atoms with Crippen LogP contribution in [0.2, 0.25) is 0 Å². The molecular weight excluding hydrogens is 220 g/mol. The Kier molecular flexibility index (Phi) is 6.80. The van der Waals surface area contributed by atoms with Crippen molar-refractivity contribution in [3.05, 3.63) is 0 Å². The van der Waals surface area contributed by atoms with Gasteiger partial charge in [0.1, 0.15) is 0 Å². The second kappa shape index (κ2) is 7.55. The van der Waals surface area contributed by atoms with Gasteiger partial charge in [0.2, 0.25) is 0 Å².